The molecule has 6 aliphatic rings. The highest BCUT2D eigenvalue weighted by atomic mass is 16.5. The predicted molar refractivity (Wildman–Crippen MR) is 174 cm³/mol. The van der Waals surface area contributed by atoms with Crippen LogP contribution >= 0.6 is 0 Å². The zero-order valence-electron chi connectivity index (χ0n) is 29.0. The van der Waals surface area contributed by atoms with Crippen molar-refractivity contribution in [3.63, 3.8) is 0 Å². The Kier molecular flexibility index (Phi) is 6.87. The number of ether oxygens (including phenoxy) is 1. The van der Waals surface area contributed by atoms with Gasteiger partial charge in [-0.2, -0.15) is 5.10 Å². The maximum Gasteiger partial charge on any atom is 0.311 e. The quantitative estimate of drug-likeness (QED) is 0.372. The van der Waals surface area contributed by atoms with E-state index in [1.54, 1.807) is 4.68 Å². The second kappa shape index (κ2) is 9.87. The third kappa shape index (κ3) is 4.10. The third-order valence-electron chi connectivity index (χ3n) is 15.3. The molecule has 5 aliphatic carbocycles. The first-order valence-corrected chi connectivity index (χ1v) is 17.7. The van der Waals surface area contributed by atoms with Crippen LogP contribution in [0.2, 0.25) is 0 Å². The molecule has 0 aromatic carbocycles. The van der Waals surface area contributed by atoms with Crippen molar-refractivity contribution in [1.82, 2.24) is 15.1 Å². The maximum absolute atomic E-state index is 14.8. The number of fused-ring (bicyclic) bond motifs is 8. The summed E-state index contributed by atoms with van der Waals surface area (Å²) in [7, 11) is 1.50. The number of hydrogen-bond donors (Lipinski definition) is 1. The number of allylic oxidation sites excluding steroid dienone is 2. The van der Waals surface area contributed by atoms with Gasteiger partial charge in [0.1, 0.15) is 0 Å². The molecule has 3 saturated carbocycles. The first-order chi connectivity index (χ1) is 21.0. The number of hydrogen-bond acceptors (Lipinski definition) is 6. The minimum Gasteiger partial charge on any atom is -0.469 e. The van der Waals surface area contributed by atoms with Crippen molar-refractivity contribution in [2.75, 3.05) is 20.2 Å². The average molecular weight is 618 g/mol. The molecule has 45 heavy (non-hydrogen) atoms. The van der Waals surface area contributed by atoms with E-state index in [4.69, 9.17) is 9.84 Å². The third-order valence-corrected chi connectivity index (χ3v) is 15.3. The van der Waals surface area contributed by atoms with Crippen LogP contribution in [-0.2, 0) is 26.2 Å². The molecule has 7 nitrogen and oxygen atoms in total. The van der Waals surface area contributed by atoms with E-state index in [-0.39, 0.29) is 62.5 Å². The van der Waals surface area contributed by atoms with Gasteiger partial charge in [0, 0.05) is 23.4 Å². The number of esters is 1. The Labute approximate surface area is 269 Å². The number of methoxy groups -OCH3 is 1. The summed E-state index contributed by atoms with van der Waals surface area (Å²) in [6.07, 6.45) is 13.4. The van der Waals surface area contributed by atoms with E-state index in [9.17, 15) is 14.4 Å². The summed E-state index contributed by atoms with van der Waals surface area (Å²) in [4.78, 5) is 41.4. The monoisotopic (exact) mass is 617 g/mol. The van der Waals surface area contributed by atoms with Crippen LogP contribution in [0.1, 0.15) is 122 Å². The zero-order chi connectivity index (χ0) is 32.4. The lowest BCUT2D eigenvalue weighted by Crippen LogP contribution is -2.66. The SMILES string of the molecule is COC(=O)[C@]1(C)CC[C@]2(C)CC[C@]3(C)C(=CC(=O)C4[C@@]5(C)Cc6cn(C(=O)C7CCNCC7)nc6C(C)(C)C5CC[C@]43C)[C@@H]2C1. The van der Waals surface area contributed by atoms with Crippen LogP contribution < -0.4 is 5.32 Å². The molecule has 7 rings (SSSR count). The lowest BCUT2D eigenvalue weighted by atomic mass is 9.33. The fraction of sp³-hybridized carbons (Fsp3) is 0.789. The van der Waals surface area contributed by atoms with Gasteiger partial charge in [-0.15, -0.1) is 0 Å². The number of nitrogens with one attached hydrogen (secondary N) is 1. The summed E-state index contributed by atoms with van der Waals surface area (Å²) < 4.78 is 6.97. The van der Waals surface area contributed by atoms with Crippen molar-refractivity contribution in [2.24, 2.45) is 50.7 Å². The Morgan fingerprint density at radius 3 is 2.33 bits per heavy atom. The van der Waals surface area contributed by atoms with Gasteiger partial charge < -0.3 is 10.1 Å². The molecule has 1 aromatic rings. The van der Waals surface area contributed by atoms with Crippen LogP contribution in [0.5, 0.6) is 0 Å². The van der Waals surface area contributed by atoms with E-state index < -0.39 is 5.41 Å². The fourth-order valence-electron chi connectivity index (χ4n) is 12.4. The lowest BCUT2D eigenvalue weighted by molar-refractivity contribution is -0.174. The van der Waals surface area contributed by atoms with E-state index in [2.05, 4.69) is 59.9 Å². The number of aromatic nitrogens is 2. The van der Waals surface area contributed by atoms with Crippen molar-refractivity contribution in [3.8, 4) is 0 Å². The molecule has 1 saturated heterocycles. The Bertz CT molecular complexity index is 1490. The highest BCUT2D eigenvalue weighted by Gasteiger charge is 2.70. The molecule has 246 valence electrons. The van der Waals surface area contributed by atoms with Crippen LogP contribution in [0, 0.1) is 50.7 Å². The Morgan fingerprint density at radius 1 is 0.956 bits per heavy atom. The summed E-state index contributed by atoms with van der Waals surface area (Å²) in [6.45, 7) is 18.1. The summed E-state index contributed by atoms with van der Waals surface area (Å²) in [6, 6.07) is 0. The molecule has 0 radical (unpaired) electrons. The molecule has 8 atom stereocenters. The molecule has 0 bridgehead atoms. The highest BCUT2D eigenvalue weighted by molar-refractivity contribution is 5.96. The molecule has 1 aliphatic heterocycles. The molecule has 0 spiro atoms. The van der Waals surface area contributed by atoms with Crippen LogP contribution in [-0.4, -0.2) is 47.6 Å². The van der Waals surface area contributed by atoms with E-state index in [1.165, 1.54) is 12.7 Å². The number of carbonyl (C=O) groups excluding carboxylic acids is 3. The molecule has 0 amide bonds. The van der Waals surface area contributed by atoms with Gasteiger partial charge in [0.15, 0.2) is 5.78 Å². The van der Waals surface area contributed by atoms with Crippen LogP contribution in [0.3, 0.4) is 0 Å². The molecule has 1 aromatic heterocycles. The second-order valence-corrected chi connectivity index (χ2v) is 18.0. The van der Waals surface area contributed by atoms with Crippen molar-refractivity contribution in [3.05, 3.63) is 29.1 Å². The van der Waals surface area contributed by atoms with E-state index in [0.29, 0.717) is 5.92 Å². The summed E-state index contributed by atoms with van der Waals surface area (Å²) >= 11 is 0. The van der Waals surface area contributed by atoms with E-state index >= 15 is 0 Å². The van der Waals surface area contributed by atoms with Gasteiger partial charge in [-0.05, 0) is 129 Å². The number of carbonyl (C=O) groups is 3. The van der Waals surface area contributed by atoms with Gasteiger partial charge in [0.2, 0.25) is 5.91 Å². The maximum atomic E-state index is 14.8. The van der Waals surface area contributed by atoms with Crippen LogP contribution in [0.25, 0.3) is 0 Å². The minimum atomic E-state index is -0.516. The van der Waals surface area contributed by atoms with Crippen molar-refractivity contribution in [1.29, 1.82) is 0 Å². The van der Waals surface area contributed by atoms with Gasteiger partial charge >= 0.3 is 5.97 Å². The molecule has 2 heterocycles. The van der Waals surface area contributed by atoms with Crippen molar-refractivity contribution in [2.45, 2.75) is 118 Å². The molecular weight excluding hydrogens is 562 g/mol. The van der Waals surface area contributed by atoms with E-state index in [1.807, 2.05) is 6.20 Å². The topological polar surface area (TPSA) is 90.3 Å². The molecular formula is C38H55N3O4. The minimum absolute atomic E-state index is 0.0121. The average Bonchev–Trinajstić information content (AvgIpc) is 3.43. The first-order valence-electron chi connectivity index (χ1n) is 17.7. The largest absolute Gasteiger partial charge is 0.469 e. The van der Waals surface area contributed by atoms with Gasteiger partial charge in [-0.3, -0.25) is 14.4 Å². The summed E-state index contributed by atoms with van der Waals surface area (Å²) in [5, 5.41) is 8.39. The standard InChI is InChI=1S/C38H55N3O4/c1-33(2)28-9-12-38(7)29(36(28,5)20-24-22-41(40-30(24)33)31(43)23-10-17-39-18-11-23)27(42)19-25-26-21-35(4,32(44)45-8)14-13-34(26,3)15-16-37(25,38)6/h19,22-23,26,28-29,39H,9-18,20-21H2,1-8H3/t26-,28?,29?,34+,35+,36-,37+,38+/m0/s1. The number of rotatable bonds is 2. The first kappa shape index (κ1) is 31.3. The molecule has 4 fully saturated rings. The van der Waals surface area contributed by atoms with Gasteiger partial charge in [0.05, 0.1) is 18.2 Å². The van der Waals surface area contributed by atoms with Crippen LogP contribution in [0.15, 0.2) is 17.8 Å². The number of nitrogens with zero attached hydrogens (tertiary/aromatic N) is 2. The molecule has 2 unspecified atom stereocenters. The molecule has 1 N–H and O–H groups in total. The fourth-order valence-corrected chi connectivity index (χ4v) is 12.4. The normalized spacial score (nSPS) is 44.0. The Hall–Kier alpha value is -2.28. The zero-order valence-corrected chi connectivity index (χ0v) is 29.0. The van der Waals surface area contributed by atoms with Crippen LogP contribution in [0.4, 0.5) is 0 Å². The second-order valence-electron chi connectivity index (χ2n) is 18.0. The van der Waals surface area contributed by atoms with Gasteiger partial charge in [0.25, 0.3) is 0 Å². The summed E-state index contributed by atoms with van der Waals surface area (Å²) in [5.74, 6) is 0.688. The smallest absolute Gasteiger partial charge is 0.311 e. The summed E-state index contributed by atoms with van der Waals surface area (Å²) in [5.41, 5.74) is 2.31. The Balaban J connectivity index is 1.28. The lowest BCUT2D eigenvalue weighted by Gasteiger charge is -2.69. The Morgan fingerprint density at radius 2 is 1.64 bits per heavy atom. The van der Waals surface area contributed by atoms with Gasteiger partial charge in [-0.1, -0.05) is 47.1 Å². The van der Waals surface area contributed by atoms with Gasteiger partial charge in [-0.25, -0.2) is 4.68 Å². The number of piperidine rings is 1. The highest BCUT2D eigenvalue weighted by Crippen LogP contribution is 2.74. The van der Waals surface area contributed by atoms with E-state index in [0.717, 1.165) is 88.6 Å². The predicted octanol–water partition coefficient (Wildman–Crippen LogP) is 6.69. The number of ketones is 1. The molecule has 7 heteroatoms. The van der Waals surface area contributed by atoms with Crippen molar-refractivity contribution >= 4 is 17.7 Å². The van der Waals surface area contributed by atoms with Crippen molar-refractivity contribution < 1.29 is 19.1 Å².